The number of alkyl halides is 3. The van der Waals surface area contributed by atoms with Crippen molar-refractivity contribution in [2.75, 3.05) is 18.4 Å². The van der Waals surface area contributed by atoms with Gasteiger partial charge in [-0.25, -0.2) is 9.18 Å². The summed E-state index contributed by atoms with van der Waals surface area (Å²) in [6, 6.07) is 7.31. The van der Waals surface area contributed by atoms with Crippen LogP contribution in [0.25, 0.3) is 0 Å². The number of pyridine rings is 1. The third kappa shape index (κ3) is 5.19. The molecule has 0 spiro atoms. The molecule has 2 amide bonds. The van der Waals surface area contributed by atoms with Crippen molar-refractivity contribution < 1.29 is 27.1 Å². The number of carbonyl (C=O) groups excluding carboxylic acids is 1. The second kappa shape index (κ2) is 8.55. The van der Waals surface area contributed by atoms with E-state index < -0.39 is 23.6 Å². The largest absolute Gasteiger partial charge is 0.419 e. The second-order valence-electron chi connectivity index (χ2n) is 6.46. The van der Waals surface area contributed by atoms with Gasteiger partial charge >= 0.3 is 12.2 Å². The highest BCUT2D eigenvalue weighted by Gasteiger charge is 2.34. The number of halogens is 4. The maximum absolute atomic E-state index is 13.4. The number of nitrogens with zero attached hydrogens (tertiary/aromatic N) is 2. The van der Waals surface area contributed by atoms with Gasteiger partial charge < -0.3 is 15.0 Å². The summed E-state index contributed by atoms with van der Waals surface area (Å²) in [5.74, 6) is -1.38. The van der Waals surface area contributed by atoms with Gasteiger partial charge in [-0.3, -0.25) is 4.98 Å². The van der Waals surface area contributed by atoms with Crippen LogP contribution >= 0.6 is 0 Å². The van der Waals surface area contributed by atoms with Crippen molar-refractivity contribution >= 4 is 11.7 Å². The minimum Gasteiger partial charge on any atom is -0.370 e. The van der Waals surface area contributed by atoms with Gasteiger partial charge in [-0.15, -0.1) is 0 Å². The minimum atomic E-state index is -4.83. The average Bonchev–Trinajstić information content (AvgIpc) is 2.68. The monoisotopic (exact) mass is 397 g/mol. The molecule has 1 atom stereocenters. The predicted molar refractivity (Wildman–Crippen MR) is 94.0 cm³/mol. The number of nitrogens with one attached hydrogen (secondary N) is 1. The van der Waals surface area contributed by atoms with Crippen LogP contribution in [0.15, 0.2) is 42.6 Å². The molecule has 1 saturated heterocycles. The number of aromatic nitrogens is 1. The smallest absolute Gasteiger partial charge is 0.370 e. The van der Waals surface area contributed by atoms with Crippen LogP contribution in [0, 0.1) is 5.82 Å². The van der Waals surface area contributed by atoms with Gasteiger partial charge in [0.1, 0.15) is 5.82 Å². The summed E-state index contributed by atoms with van der Waals surface area (Å²) in [5.41, 5.74) is -0.758. The molecule has 0 saturated carbocycles. The van der Waals surface area contributed by atoms with E-state index in [1.165, 1.54) is 4.90 Å². The summed E-state index contributed by atoms with van der Waals surface area (Å²) < 4.78 is 57.6. The first-order chi connectivity index (χ1) is 13.3. The number of piperidine rings is 1. The van der Waals surface area contributed by atoms with Crippen LogP contribution in [-0.4, -0.2) is 35.1 Å². The zero-order chi connectivity index (χ0) is 20.1. The van der Waals surface area contributed by atoms with Crippen LogP contribution in [0.5, 0.6) is 0 Å². The number of rotatable bonds is 4. The number of hydrogen-bond acceptors (Lipinski definition) is 3. The molecule has 1 aliphatic rings. The minimum absolute atomic E-state index is 0.116. The Hall–Kier alpha value is -2.68. The molecular weight excluding hydrogens is 378 g/mol. The third-order valence-electron chi connectivity index (χ3n) is 4.38. The summed E-state index contributed by atoms with van der Waals surface area (Å²) in [4.78, 5) is 18.0. The first-order valence-corrected chi connectivity index (χ1v) is 8.77. The molecule has 1 N–H and O–H groups in total. The Balaban J connectivity index is 1.58. The second-order valence-corrected chi connectivity index (χ2v) is 6.46. The summed E-state index contributed by atoms with van der Waals surface area (Å²) in [7, 11) is 0. The van der Waals surface area contributed by atoms with Crippen molar-refractivity contribution in [2.45, 2.75) is 31.7 Å². The lowest BCUT2D eigenvalue weighted by atomic mass is 10.1. The number of likely N-dealkylation sites (tertiary alicyclic amines) is 1. The van der Waals surface area contributed by atoms with Gasteiger partial charge in [0.05, 0.1) is 24.0 Å². The summed E-state index contributed by atoms with van der Waals surface area (Å²) in [5, 5.41) is 2.40. The van der Waals surface area contributed by atoms with Gasteiger partial charge in [0.15, 0.2) is 0 Å². The average molecular weight is 397 g/mol. The van der Waals surface area contributed by atoms with Crippen molar-refractivity contribution in [3.8, 4) is 0 Å². The highest BCUT2D eigenvalue weighted by atomic mass is 19.4. The molecule has 9 heteroatoms. The Labute approximate surface area is 159 Å². The Bertz CT molecular complexity index is 815. The maximum atomic E-state index is 13.4. The molecule has 1 fully saturated rings. The van der Waals surface area contributed by atoms with E-state index in [0.29, 0.717) is 38.2 Å². The van der Waals surface area contributed by atoms with Crippen molar-refractivity contribution in [1.82, 2.24) is 9.88 Å². The lowest BCUT2D eigenvalue weighted by molar-refractivity contribution is -0.139. The quantitative estimate of drug-likeness (QED) is 0.776. The lowest BCUT2D eigenvalue weighted by Gasteiger charge is -2.32. The predicted octanol–water partition coefficient (Wildman–Crippen LogP) is 4.45. The molecule has 5 nitrogen and oxygen atoms in total. The number of urea groups is 1. The molecule has 0 bridgehead atoms. The Morgan fingerprint density at radius 2 is 2.11 bits per heavy atom. The van der Waals surface area contributed by atoms with Crippen molar-refractivity contribution in [3.63, 3.8) is 0 Å². The van der Waals surface area contributed by atoms with Crippen LogP contribution in [0.3, 0.4) is 0 Å². The van der Waals surface area contributed by atoms with Gasteiger partial charge in [-0.05, 0) is 43.2 Å². The van der Waals surface area contributed by atoms with Crippen LogP contribution < -0.4 is 5.32 Å². The summed E-state index contributed by atoms with van der Waals surface area (Å²) in [6.45, 7) is 1.09. The highest BCUT2D eigenvalue weighted by Crippen LogP contribution is 2.33. The lowest BCUT2D eigenvalue weighted by Crippen LogP contribution is -2.45. The number of carbonyl (C=O) groups is 1. The topological polar surface area (TPSA) is 54.5 Å². The molecule has 1 unspecified atom stereocenters. The SMILES string of the molecule is O=C(Nc1ccc(F)c(C(F)(F)F)c1)N1CCCC(OCc2ccccn2)C1. The number of hydrogen-bond donors (Lipinski definition) is 1. The Morgan fingerprint density at radius 1 is 1.29 bits per heavy atom. The van der Waals surface area contributed by atoms with Crippen LogP contribution in [0.2, 0.25) is 0 Å². The first-order valence-electron chi connectivity index (χ1n) is 8.77. The van der Waals surface area contributed by atoms with Gasteiger partial charge in [-0.2, -0.15) is 13.2 Å². The molecule has 0 radical (unpaired) electrons. The van der Waals surface area contributed by atoms with Crippen molar-refractivity contribution in [1.29, 1.82) is 0 Å². The highest BCUT2D eigenvalue weighted by molar-refractivity contribution is 5.89. The molecule has 1 aromatic carbocycles. The molecule has 2 heterocycles. The molecular formula is C19H19F4N3O2. The van der Waals surface area contributed by atoms with Crippen LogP contribution in [0.1, 0.15) is 24.1 Å². The van der Waals surface area contributed by atoms with E-state index in [1.807, 2.05) is 12.1 Å². The standard InChI is InChI=1S/C19H19F4N3O2/c20-17-7-6-13(10-16(17)19(21,22)23)25-18(27)26-9-3-5-15(11-26)28-12-14-4-1-2-8-24-14/h1-2,4,6-8,10,15H,3,5,9,11-12H2,(H,25,27). The number of benzene rings is 1. The van der Waals surface area contributed by atoms with E-state index >= 15 is 0 Å². The zero-order valence-corrected chi connectivity index (χ0v) is 14.9. The summed E-state index contributed by atoms with van der Waals surface area (Å²) in [6.07, 6.45) is -1.89. The van der Waals surface area contributed by atoms with Gasteiger partial charge in [0.25, 0.3) is 0 Å². The molecule has 1 aliphatic heterocycles. The number of amides is 2. The first kappa shape index (κ1) is 20.1. The Morgan fingerprint density at radius 3 is 2.82 bits per heavy atom. The third-order valence-corrected chi connectivity index (χ3v) is 4.38. The van der Waals surface area contributed by atoms with E-state index in [0.717, 1.165) is 18.2 Å². The molecule has 150 valence electrons. The fraction of sp³-hybridized carbons (Fsp3) is 0.368. The van der Waals surface area contributed by atoms with Crippen LogP contribution in [-0.2, 0) is 17.5 Å². The van der Waals surface area contributed by atoms with Gasteiger partial charge in [0, 0.05) is 25.0 Å². The summed E-state index contributed by atoms with van der Waals surface area (Å²) >= 11 is 0. The van der Waals surface area contributed by atoms with E-state index in [4.69, 9.17) is 4.74 Å². The van der Waals surface area contributed by atoms with E-state index in [9.17, 15) is 22.4 Å². The van der Waals surface area contributed by atoms with Crippen molar-refractivity contribution in [3.05, 3.63) is 59.7 Å². The van der Waals surface area contributed by atoms with Gasteiger partial charge in [-0.1, -0.05) is 6.07 Å². The normalized spacial score (nSPS) is 17.4. The zero-order valence-electron chi connectivity index (χ0n) is 14.9. The van der Waals surface area contributed by atoms with Crippen molar-refractivity contribution in [2.24, 2.45) is 0 Å². The van der Waals surface area contributed by atoms with E-state index in [-0.39, 0.29) is 11.8 Å². The molecule has 3 rings (SSSR count). The maximum Gasteiger partial charge on any atom is 0.419 e. The number of ether oxygens (including phenoxy) is 1. The van der Waals surface area contributed by atoms with E-state index in [2.05, 4.69) is 10.3 Å². The number of anilines is 1. The van der Waals surface area contributed by atoms with Gasteiger partial charge in [0.2, 0.25) is 0 Å². The molecule has 2 aromatic rings. The fourth-order valence-corrected chi connectivity index (χ4v) is 2.97. The molecule has 1 aromatic heterocycles. The molecule has 28 heavy (non-hydrogen) atoms. The van der Waals surface area contributed by atoms with Crippen LogP contribution in [0.4, 0.5) is 28.0 Å². The van der Waals surface area contributed by atoms with E-state index in [1.54, 1.807) is 12.3 Å². The Kier molecular flexibility index (Phi) is 6.13. The fourth-order valence-electron chi connectivity index (χ4n) is 2.97. The molecule has 0 aliphatic carbocycles.